The predicted molar refractivity (Wildman–Crippen MR) is 81.2 cm³/mol. The van der Waals surface area contributed by atoms with Gasteiger partial charge in [0.15, 0.2) is 5.78 Å². The summed E-state index contributed by atoms with van der Waals surface area (Å²) < 4.78 is 0. The molecule has 1 fully saturated rings. The summed E-state index contributed by atoms with van der Waals surface area (Å²) in [4.78, 5) is 12.4. The fourth-order valence-corrected chi connectivity index (χ4v) is 4.71. The number of ketones is 1. The largest absolute Gasteiger partial charge is 0.294 e. The number of carbonyl (C=O) groups excluding carboxylic acids is 1. The van der Waals surface area contributed by atoms with E-state index in [1.807, 2.05) is 0 Å². The van der Waals surface area contributed by atoms with Crippen molar-refractivity contribution in [1.82, 2.24) is 0 Å². The van der Waals surface area contributed by atoms with E-state index >= 15 is 0 Å². The number of hydrogen-bond donors (Lipinski definition) is 0. The average molecular weight is 266 g/mol. The van der Waals surface area contributed by atoms with Gasteiger partial charge in [-0.3, -0.25) is 4.79 Å². The highest BCUT2D eigenvalue weighted by atomic mass is 16.1. The normalized spacial score (nSPS) is 31.1. The molecule has 1 aromatic rings. The van der Waals surface area contributed by atoms with Crippen molar-refractivity contribution in [2.75, 3.05) is 0 Å². The van der Waals surface area contributed by atoms with E-state index in [1.165, 1.54) is 30.4 Å². The van der Waals surface area contributed by atoms with Crippen LogP contribution in [-0.2, 0) is 5.41 Å². The van der Waals surface area contributed by atoms with Gasteiger partial charge in [-0.25, -0.2) is 0 Å². The number of carbonyl (C=O) groups is 1. The second-order valence-corrected chi connectivity index (χ2v) is 7.21. The maximum Gasteiger partial charge on any atom is 0.163 e. The Bertz CT molecular complexity index is 623. The van der Waals surface area contributed by atoms with E-state index < -0.39 is 0 Å². The minimum Gasteiger partial charge on any atom is -0.294 e. The van der Waals surface area contributed by atoms with Gasteiger partial charge < -0.3 is 0 Å². The lowest BCUT2D eigenvalue weighted by Gasteiger charge is -2.41. The first-order valence-corrected chi connectivity index (χ1v) is 7.96. The Kier molecular flexibility index (Phi) is 2.52. The van der Waals surface area contributed by atoms with Crippen LogP contribution in [0.5, 0.6) is 0 Å². The summed E-state index contributed by atoms with van der Waals surface area (Å²) in [6, 6.07) is 6.72. The third-order valence-corrected chi connectivity index (χ3v) is 5.87. The van der Waals surface area contributed by atoms with Crippen molar-refractivity contribution in [3.8, 4) is 0 Å². The third kappa shape index (κ3) is 1.52. The Morgan fingerprint density at radius 1 is 1.30 bits per heavy atom. The van der Waals surface area contributed by atoms with Crippen molar-refractivity contribution in [2.24, 2.45) is 5.92 Å². The lowest BCUT2D eigenvalue weighted by Crippen LogP contribution is -2.37. The zero-order valence-electron chi connectivity index (χ0n) is 12.4. The van der Waals surface area contributed by atoms with Crippen LogP contribution < -0.4 is 0 Å². The summed E-state index contributed by atoms with van der Waals surface area (Å²) in [6.45, 7) is 4.40. The maximum atomic E-state index is 12.4. The molecule has 2 atom stereocenters. The molecule has 1 saturated carbocycles. The van der Waals surface area contributed by atoms with Crippen LogP contribution in [0.4, 0.5) is 0 Å². The number of benzene rings is 1. The molecule has 0 aliphatic heterocycles. The van der Waals surface area contributed by atoms with Gasteiger partial charge >= 0.3 is 0 Å². The van der Waals surface area contributed by atoms with Crippen LogP contribution in [0.25, 0.3) is 0 Å². The summed E-state index contributed by atoms with van der Waals surface area (Å²) in [5.74, 6) is 1.62. The second-order valence-electron chi connectivity index (χ2n) is 7.21. The Morgan fingerprint density at radius 3 is 2.80 bits per heavy atom. The molecule has 3 aliphatic rings. The molecule has 0 amide bonds. The van der Waals surface area contributed by atoms with Crippen LogP contribution in [0.2, 0.25) is 0 Å². The topological polar surface area (TPSA) is 17.1 Å². The molecule has 0 aromatic heterocycles. The van der Waals surface area contributed by atoms with Gasteiger partial charge in [-0.05, 0) is 54.7 Å². The second kappa shape index (κ2) is 4.07. The van der Waals surface area contributed by atoms with Crippen molar-refractivity contribution < 1.29 is 4.79 Å². The van der Waals surface area contributed by atoms with Crippen molar-refractivity contribution in [2.45, 2.75) is 57.3 Å². The van der Waals surface area contributed by atoms with Gasteiger partial charge in [-0.2, -0.15) is 0 Å². The van der Waals surface area contributed by atoms with Gasteiger partial charge in [0.05, 0.1) is 0 Å². The van der Waals surface area contributed by atoms with Crippen molar-refractivity contribution in [3.05, 3.63) is 46.5 Å². The first-order chi connectivity index (χ1) is 9.60. The van der Waals surface area contributed by atoms with Gasteiger partial charge in [0, 0.05) is 17.4 Å². The molecule has 104 valence electrons. The molecule has 0 radical (unpaired) electrons. The highest BCUT2D eigenvalue weighted by molar-refractivity contribution is 5.99. The van der Waals surface area contributed by atoms with E-state index in [0.29, 0.717) is 17.1 Å². The molecule has 1 aromatic carbocycles. The Hall–Kier alpha value is -1.37. The summed E-state index contributed by atoms with van der Waals surface area (Å²) in [5.41, 5.74) is 5.64. The number of rotatable bonds is 1. The van der Waals surface area contributed by atoms with E-state index in [9.17, 15) is 4.79 Å². The number of fused-ring (bicyclic) bond motifs is 5. The third-order valence-electron chi connectivity index (χ3n) is 5.87. The van der Waals surface area contributed by atoms with Gasteiger partial charge in [-0.15, -0.1) is 0 Å². The molecule has 1 nitrogen and oxygen atoms in total. The number of Topliss-reactive ketones (excluding diaryl/α,β-unsaturated/α-hetero) is 1. The molecule has 0 saturated heterocycles. The predicted octanol–water partition coefficient (Wildman–Crippen LogP) is 4.76. The van der Waals surface area contributed by atoms with Crippen LogP contribution in [0, 0.1) is 5.92 Å². The summed E-state index contributed by atoms with van der Waals surface area (Å²) in [5, 5.41) is 0. The molecular weight excluding hydrogens is 244 g/mol. The van der Waals surface area contributed by atoms with Crippen molar-refractivity contribution in [1.29, 1.82) is 0 Å². The molecule has 20 heavy (non-hydrogen) atoms. The summed E-state index contributed by atoms with van der Waals surface area (Å²) in [7, 11) is 0. The monoisotopic (exact) mass is 266 g/mol. The molecule has 1 heteroatoms. The Morgan fingerprint density at radius 2 is 2.15 bits per heavy atom. The van der Waals surface area contributed by atoms with E-state index in [-0.39, 0.29) is 0 Å². The van der Waals surface area contributed by atoms with Gasteiger partial charge in [0.1, 0.15) is 0 Å². The van der Waals surface area contributed by atoms with E-state index in [4.69, 9.17) is 0 Å². The van der Waals surface area contributed by atoms with Crippen LogP contribution in [0.1, 0.15) is 73.4 Å². The van der Waals surface area contributed by atoms with Crippen molar-refractivity contribution in [3.63, 3.8) is 0 Å². The fourth-order valence-electron chi connectivity index (χ4n) is 4.71. The van der Waals surface area contributed by atoms with Gasteiger partial charge in [-0.1, -0.05) is 37.6 Å². The molecule has 3 aliphatic carbocycles. The van der Waals surface area contributed by atoms with Crippen LogP contribution in [0.3, 0.4) is 0 Å². The van der Waals surface area contributed by atoms with E-state index in [1.54, 1.807) is 5.57 Å². The van der Waals surface area contributed by atoms with Crippen LogP contribution in [0.15, 0.2) is 29.8 Å². The molecule has 0 N–H and O–H groups in total. The lowest BCUT2D eigenvalue weighted by molar-refractivity contribution is 0.0939. The Labute approximate surface area is 121 Å². The highest BCUT2D eigenvalue weighted by Crippen LogP contribution is 2.58. The zero-order valence-corrected chi connectivity index (χ0v) is 12.4. The summed E-state index contributed by atoms with van der Waals surface area (Å²) in [6.07, 6.45) is 7.97. The minimum absolute atomic E-state index is 0.294. The first kappa shape index (κ1) is 12.4. The highest BCUT2D eigenvalue weighted by Gasteiger charge is 2.51. The van der Waals surface area contributed by atoms with Crippen LogP contribution >= 0.6 is 0 Å². The number of hydrogen-bond acceptors (Lipinski definition) is 1. The van der Waals surface area contributed by atoms with Gasteiger partial charge in [0.2, 0.25) is 0 Å². The SMILES string of the molecule is CC(C)c1ccc2c(c1)C(=O)CCC21CC2=CCC1C2. The zero-order chi connectivity index (χ0) is 13.9. The first-order valence-electron chi connectivity index (χ1n) is 7.96. The van der Waals surface area contributed by atoms with Gasteiger partial charge in [0.25, 0.3) is 0 Å². The Balaban J connectivity index is 1.87. The smallest absolute Gasteiger partial charge is 0.163 e. The lowest BCUT2D eigenvalue weighted by atomic mass is 9.62. The van der Waals surface area contributed by atoms with Crippen molar-refractivity contribution >= 4 is 5.78 Å². The number of allylic oxidation sites excluding steroid dienone is 2. The molecule has 4 rings (SSSR count). The van der Waals surface area contributed by atoms with Crippen LogP contribution in [-0.4, -0.2) is 5.78 Å². The quantitative estimate of drug-likeness (QED) is 0.669. The van der Waals surface area contributed by atoms with E-state index in [2.05, 4.69) is 38.1 Å². The van der Waals surface area contributed by atoms with E-state index in [0.717, 1.165) is 24.3 Å². The fraction of sp³-hybridized carbons (Fsp3) is 0.526. The standard InChI is InChI=1S/C19H22O/c1-12(2)14-4-6-17-16(10-14)18(20)7-8-19(17)11-13-3-5-15(19)9-13/h3-4,6,10,12,15H,5,7-9,11H2,1-2H3. The molecular formula is C19H22O. The molecule has 2 unspecified atom stereocenters. The average Bonchev–Trinajstić information content (AvgIpc) is 3.04. The minimum atomic E-state index is 0.294. The molecule has 0 heterocycles. The summed E-state index contributed by atoms with van der Waals surface area (Å²) >= 11 is 0. The molecule has 2 bridgehead atoms. The maximum absolute atomic E-state index is 12.4. The molecule has 1 spiro atoms.